The standard InChI is InChI=1S/C15H23N3O3S/c1-10-7-8-11(9-14(10)22(20,21)18(2)3)17-15(19)12-5-4-6-13(12)16/h7-9,12-13H,4-6,16H2,1-3H3,(H,17,19). The molecule has 1 aliphatic carbocycles. The number of nitrogens with two attached hydrogens (primary N) is 1. The number of aryl methyl sites for hydroxylation is 1. The Bertz CT molecular complexity index is 671. The van der Waals surface area contributed by atoms with E-state index in [1.54, 1.807) is 19.1 Å². The van der Waals surface area contributed by atoms with Crippen LogP contribution in [0.4, 0.5) is 5.69 Å². The molecule has 7 heteroatoms. The Morgan fingerprint density at radius 2 is 2.00 bits per heavy atom. The van der Waals surface area contributed by atoms with E-state index in [0.29, 0.717) is 11.3 Å². The maximum atomic E-state index is 12.3. The lowest BCUT2D eigenvalue weighted by Gasteiger charge is -2.17. The number of benzene rings is 1. The van der Waals surface area contributed by atoms with E-state index >= 15 is 0 Å². The zero-order valence-corrected chi connectivity index (χ0v) is 14.0. The highest BCUT2D eigenvalue weighted by molar-refractivity contribution is 7.89. The summed E-state index contributed by atoms with van der Waals surface area (Å²) in [6.45, 7) is 1.73. The van der Waals surface area contributed by atoms with Crippen LogP contribution < -0.4 is 11.1 Å². The molecule has 2 rings (SSSR count). The van der Waals surface area contributed by atoms with E-state index in [-0.39, 0.29) is 22.8 Å². The van der Waals surface area contributed by atoms with Crippen LogP contribution in [0.2, 0.25) is 0 Å². The van der Waals surface area contributed by atoms with Crippen molar-refractivity contribution in [1.82, 2.24) is 4.31 Å². The first-order chi connectivity index (χ1) is 10.2. The van der Waals surface area contributed by atoms with Crippen molar-refractivity contribution in [3.05, 3.63) is 23.8 Å². The van der Waals surface area contributed by atoms with E-state index in [1.165, 1.54) is 20.2 Å². The smallest absolute Gasteiger partial charge is 0.242 e. The minimum Gasteiger partial charge on any atom is -0.327 e. The molecule has 0 aromatic heterocycles. The summed E-state index contributed by atoms with van der Waals surface area (Å²) in [5, 5.41) is 2.79. The van der Waals surface area contributed by atoms with E-state index in [1.807, 2.05) is 0 Å². The van der Waals surface area contributed by atoms with Gasteiger partial charge in [0, 0.05) is 25.8 Å². The van der Waals surface area contributed by atoms with Crippen molar-refractivity contribution in [2.75, 3.05) is 19.4 Å². The average molecular weight is 325 g/mol. The quantitative estimate of drug-likeness (QED) is 0.873. The van der Waals surface area contributed by atoms with E-state index in [4.69, 9.17) is 5.73 Å². The number of sulfonamides is 1. The molecule has 3 N–H and O–H groups in total. The number of hydrogen-bond donors (Lipinski definition) is 2. The van der Waals surface area contributed by atoms with E-state index in [0.717, 1.165) is 23.6 Å². The van der Waals surface area contributed by atoms with Gasteiger partial charge in [-0.05, 0) is 37.5 Å². The number of anilines is 1. The molecular weight excluding hydrogens is 302 g/mol. The molecule has 1 aromatic rings. The molecule has 2 unspecified atom stereocenters. The SMILES string of the molecule is Cc1ccc(NC(=O)C2CCCC2N)cc1S(=O)(=O)N(C)C. The normalized spacial score (nSPS) is 22.0. The second kappa shape index (κ2) is 6.36. The fraction of sp³-hybridized carbons (Fsp3) is 0.533. The second-order valence-electron chi connectivity index (χ2n) is 5.96. The number of carbonyl (C=O) groups is 1. The van der Waals surface area contributed by atoms with Gasteiger partial charge in [-0.1, -0.05) is 12.5 Å². The lowest BCUT2D eigenvalue weighted by molar-refractivity contribution is -0.120. The molecular formula is C15H23N3O3S. The van der Waals surface area contributed by atoms with Crippen LogP contribution in [-0.2, 0) is 14.8 Å². The molecule has 1 aromatic carbocycles. The number of amides is 1. The van der Waals surface area contributed by atoms with Gasteiger partial charge >= 0.3 is 0 Å². The molecule has 1 aliphatic rings. The van der Waals surface area contributed by atoms with E-state index in [9.17, 15) is 13.2 Å². The van der Waals surface area contributed by atoms with Crippen LogP contribution in [0, 0.1) is 12.8 Å². The maximum absolute atomic E-state index is 12.3. The Balaban J connectivity index is 2.25. The molecule has 0 bridgehead atoms. The van der Waals surface area contributed by atoms with Crippen LogP contribution in [0.1, 0.15) is 24.8 Å². The van der Waals surface area contributed by atoms with Gasteiger partial charge in [0.15, 0.2) is 0 Å². The summed E-state index contributed by atoms with van der Waals surface area (Å²) in [4.78, 5) is 12.5. The zero-order chi connectivity index (χ0) is 16.5. The summed E-state index contributed by atoms with van der Waals surface area (Å²) in [6.07, 6.45) is 2.58. The Morgan fingerprint density at radius 3 is 2.55 bits per heavy atom. The summed E-state index contributed by atoms with van der Waals surface area (Å²) < 4.78 is 25.7. The van der Waals surface area contributed by atoms with Crippen LogP contribution in [-0.4, -0.2) is 38.8 Å². The van der Waals surface area contributed by atoms with Crippen LogP contribution in [0.5, 0.6) is 0 Å². The van der Waals surface area contributed by atoms with Gasteiger partial charge in [-0.3, -0.25) is 4.79 Å². The highest BCUT2D eigenvalue weighted by atomic mass is 32.2. The third-order valence-corrected chi connectivity index (χ3v) is 6.08. The minimum absolute atomic E-state index is 0.115. The monoisotopic (exact) mass is 325 g/mol. The maximum Gasteiger partial charge on any atom is 0.242 e. The lowest BCUT2D eigenvalue weighted by atomic mass is 10.0. The van der Waals surface area contributed by atoms with Crippen LogP contribution in [0.3, 0.4) is 0 Å². The Kier molecular flexibility index (Phi) is 4.89. The topological polar surface area (TPSA) is 92.5 Å². The molecule has 0 heterocycles. The predicted octanol–water partition coefficient (Wildman–Crippen LogP) is 1.31. The molecule has 2 atom stereocenters. The van der Waals surface area contributed by atoms with E-state index in [2.05, 4.69) is 5.32 Å². The van der Waals surface area contributed by atoms with Gasteiger partial charge in [0.1, 0.15) is 0 Å². The molecule has 122 valence electrons. The van der Waals surface area contributed by atoms with Gasteiger partial charge < -0.3 is 11.1 Å². The second-order valence-corrected chi connectivity index (χ2v) is 8.08. The third-order valence-electron chi connectivity index (χ3n) is 4.12. The van der Waals surface area contributed by atoms with Crippen molar-refractivity contribution in [2.24, 2.45) is 11.7 Å². The van der Waals surface area contributed by atoms with Gasteiger partial charge in [0.05, 0.1) is 10.8 Å². The molecule has 0 aliphatic heterocycles. The Labute approximate surface area is 131 Å². The largest absolute Gasteiger partial charge is 0.327 e. The fourth-order valence-corrected chi connectivity index (χ4v) is 3.85. The number of carbonyl (C=O) groups excluding carboxylic acids is 1. The molecule has 1 fully saturated rings. The van der Waals surface area contributed by atoms with Gasteiger partial charge in [-0.15, -0.1) is 0 Å². The number of hydrogen-bond acceptors (Lipinski definition) is 4. The molecule has 22 heavy (non-hydrogen) atoms. The summed E-state index contributed by atoms with van der Waals surface area (Å²) in [5.74, 6) is -0.336. The van der Waals surface area contributed by atoms with Gasteiger partial charge in [-0.25, -0.2) is 12.7 Å². The highest BCUT2D eigenvalue weighted by Gasteiger charge is 2.30. The summed E-state index contributed by atoms with van der Waals surface area (Å²) >= 11 is 0. The summed E-state index contributed by atoms with van der Waals surface area (Å²) in [7, 11) is -0.571. The molecule has 6 nitrogen and oxygen atoms in total. The number of rotatable bonds is 4. The predicted molar refractivity (Wildman–Crippen MR) is 86.0 cm³/mol. The first-order valence-electron chi connectivity index (χ1n) is 7.33. The lowest BCUT2D eigenvalue weighted by Crippen LogP contribution is -2.34. The summed E-state index contributed by atoms with van der Waals surface area (Å²) in [6, 6.07) is 4.79. The molecule has 1 saturated carbocycles. The Morgan fingerprint density at radius 1 is 1.32 bits per heavy atom. The van der Waals surface area contributed by atoms with Crippen molar-refractivity contribution >= 4 is 21.6 Å². The fourth-order valence-electron chi connectivity index (χ4n) is 2.70. The van der Waals surface area contributed by atoms with Crippen molar-refractivity contribution in [2.45, 2.75) is 37.1 Å². The average Bonchev–Trinajstić information content (AvgIpc) is 2.86. The van der Waals surface area contributed by atoms with Gasteiger partial charge in [0.2, 0.25) is 15.9 Å². The molecule has 1 amide bonds. The van der Waals surface area contributed by atoms with Crippen LogP contribution in [0.15, 0.2) is 23.1 Å². The van der Waals surface area contributed by atoms with Crippen LogP contribution in [0.25, 0.3) is 0 Å². The highest BCUT2D eigenvalue weighted by Crippen LogP contribution is 2.27. The molecule has 0 saturated heterocycles. The van der Waals surface area contributed by atoms with Crippen LogP contribution >= 0.6 is 0 Å². The zero-order valence-electron chi connectivity index (χ0n) is 13.2. The third kappa shape index (κ3) is 3.31. The first-order valence-corrected chi connectivity index (χ1v) is 8.77. The molecule has 0 spiro atoms. The number of nitrogens with one attached hydrogen (secondary N) is 1. The van der Waals surface area contributed by atoms with Crippen molar-refractivity contribution in [1.29, 1.82) is 0 Å². The van der Waals surface area contributed by atoms with Gasteiger partial charge in [0.25, 0.3) is 0 Å². The van der Waals surface area contributed by atoms with Gasteiger partial charge in [-0.2, -0.15) is 0 Å². The Hall–Kier alpha value is -1.44. The summed E-state index contributed by atoms with van der Waals surface area (Å²) in [5.41, 5.74) is 7.06. The van der Waals surface area contributed by atoms with E-state index < -0.39 is 10.0 Å². The first kappa shape index (κ1) is 16.9. The van der Waals surface area contributed by atoms with Crippen molar-refractivity contribution in [3.8, 4) is 0 Å². The minimum atomic E-state index is -3.54. The number of nitrogens with zero attached hydrogens (tertiary/aromatic N) is 1. The van der Waals surface area contributed by atoms with Crippen molar-refractivity contribution < 1.29 is 13.2 Å². The van der Waals surface area contributed by atoms with Crippen molar-refractivity contribution in [3.63, 3.8) is 0 Å². The molecule has 0 radical (unpaired) electrons.